The molecule has 7 nitrogen and oxygen atoms in total. The van der Waals surface area contributed by atoms with Gasteiger partial charge in [-0.05, 0) is 77.9 Å². The van der Waals surface area contributed by atoms with Crippen molar-refractivity contribution in [2.45, 2.75) is 6.92 Å². The summed E-state index contributed by atoms with van der Waals surface area (Å²) in [5, 5.41) is 26.5. The molecule has 4 aromatic carbocycles. The first-order valence-corrected chi connectivity index (χ1v) is 16.7. The van der Waals surface area contributed by atoms with Crippen LogP contribution in [0.5, 0.6) is 0 Å². The predicted octanol–water partition coefficient (Wildman–Crippen LogP) is 1.49. The van der Waals surface area contributed by atoms with Gasteiger partial charge in [-0.25, -0.2) is 4.39 Å². The maximum Gasteiger partial charge on any atom is 2.00 e. The standard InChI is InChI=1S/C33H34FN6OPS2.BrH.Cu/c1-25(31(38-39-32(43)35-2)26-18-20-27(34)21-19-26)37-40-33(44)36-22-23-41-24-42(28-12-6-3-7-13-28,29-14-8-4-9-15-29)30-16-10-5-11-17-30;;/h3-21H,22-24H2,1-2H3,(H3-,35,36,37,38,39,40,43,44);1H;/q;;+2/p-2. The van der Waals surface area contributed by atoms with Gasteiger partial charge in [0.2, 0.25) is 0 Å². The van der Waals surface area contributed by atoms with E-state index in [0.29, 0.717) is 36.5 Å². The molecule has 13 heteroatoms. The van der Waals surface area contributed by atoms with Crippen molar-refractivity contribution in [3.05, 3.63) is 127 Å². The van der Waals surface area contributed by atoms with E-state index in [9.17, 15) is 4.39 Å². The van der Waals surface area contributed by atoms with Crippen LogP contribution < -0.4 is 43.5 Å². The first-order chi connectivity index (χ1) is 21.4. The molecule has 1 radical (unpaired) electrons. The molecule has 0 aromatic heterocycles. The van der Waals surface area contributed by atoms with Gasteiger partial charge in [0, 0.05) is 19.2 Å². The average Bonchev–Trinajstić information content (AvgIpc) is 3.07. The summed E-state index contributed by atoms with van der Waals surface area (Å²) in [4.78, 5) is 0. The summed E-state index contributed by atoms with van der Waals surface area (Å²) < 4.78 is 19.9. The summed E-state index contributed by atoms with van der Waals surface area (Å²) in [6.45, 7) is 2.57. The molecule has 0 aliphatic heterocycles. The van der Waals surface area contributed by atoms with E-state index in [1.807, 2.05) is 18.2 Å². The zero-order valence-electron chi connectivity index (χ0n) is 25.1. The maximum atomic E-state index is 13.5. The van der Waals surface area contributed by atoms with Crippen molar-refractivity contribution in [2.24, 2.45) is 20.4 Å². The molecule has 4 aromatic rings. The molecule has 0 spiro atoms. The van der Waals surface area contributed by atoms with Crippen molar-refractivity contribution < 1.29 is 43.2 Å². The number of hydrogen-bond acceptors (Lipinski definition) is 7. The van der Waals surface area contributed by atoms with Crippen LogP contribution >= 0.6 is 7.26 Å². The van der Waals surface area contributed by atoms with Crippen LogP contribution in [0.1, 0.15) is 12.5 Å². The van der Waals surface area contributed by atoms with Crippen LogP contribution in [-0.2, 0) is 47.1 Å². The van der Waals surface area contributed by atoms with Gasteiger partial charge in [0.05, 0.1) is 12.3 Å². The maximum absolute atomic E-state index is 13.5. The molecule has 0 fully saturated rings. The summed E-state index contributed by atoms with van der Waals surface area (Å²) in [6, 6.07) is 37.5. The zero-order chi connectivity index (χ0) is 31.2. The Morgan fingerprint density at radius 2 is 1.20 bits per heavy atom. The second-order valence-corrected chi connectivity index (χ2v) is 13.7. The number of nitrogens with one attached hydrogen (secondary N) is 2. The Hall–Kier alpha value is -3.08. The van der Waals surface area contributed by atoms with Crippen LogP contribution in [0.4, 0.5) is 4.39 Å². The van der Waals surface area contributed by atoms with Gasteiger partial charge in [-0.15, -0.1) is 5.10 Å². The van der Waals surface area contributed by atoms with E-state index in [4.69, 9.17) is 30.0 Å². The first-order valence-electron chi connectivity index (χ1n) is 13.9. The van der Waals surface area contributed by atoms with E-state index in [0.717, 1.165) is 0 Å². The fourth-order valence-corrected chi connectivity index (χ4v) is 8.42. The van der Waals surface area contributed by atoms with Gasteiger partial charge in [0.25, 0.3) is 0 Å². The fourth-order valence-electron chi connectivity index (χ4n) is 4.45. The van der Waals surface area contributed by atoms with E-state index < -0.39 is 7.26 Å². The quantitative estimate of drug-likeness (QED) is 0.0433. The number of nitrogens with zero attached hydrogens (tertiary/aromatic N) is 4. The van der Waals surface area contributed by atoms with E-state index in [2.05, 4.69) is 104 Å². The summed E-state index contributed by atoms with van der Waals surface area (Å²) in [7, 11) is -0.442. The summed E-state index contributed by atoms with van der Waals surface area (Å²) >= 11 is 10.5. The molecule has 0 amide bonds. The number of ether oxygens (including phenoxy) is 1. The Kier molecular flexibility index (Phi) is 17.2. The number of amidine groups is 2. The third kappa shape index (κ3) is 10.7. The molecule has 0 unspecified atom stereocenters. The Bertz CT molecular complexity index is 1520. The predicted molar refractivity (Wildman–Crippen MR) is 189 cm³/mol. The van der Waals surface area contributed by atoms with Crippen LogP contribution in [0.25, 0.3) is 0 Å². The Morgan fingerprint density at radius 3 is 1.67 bits per heavy atom. The van der Waals surface area contributed by atoms with E-state index >= 15 is 0 Å². The average molecular weight is 787 g/mol. The van der Waals surface area contributed by atoms with Gasteiger partial charge in [0.1, 0.15) is 34.7 Å². The molecule has 0 aliphatic rings. The second kappa shape index (κ2) is 20.2. The van der Waals surface area contributed by atoms with Gasteiger partial charge in [-0.1, -0.05) is 54.6 Å². The van der Waals surface area contributed by atoms with Crippen molar-refractivity contribution >= 4 is 70.2 Å². The zero-order valence-corrected chi connectivity index (χ0v) is 30.2. The van der Waals surface area contributed by atoms with Crippen LogP contribution in [0.3, 0.4) is 0 Å². The third-order valence-corrected chi connectivity index (χ3v) is 11.2. The molecule has 4 rings (SSSR count). The van der Waals surface area contributed by atoms with E-state index in [1.165, 1.54) is 28.0 Å². The number of halogens is 2. The molecule has 0 heterocycles. The molecule has 0 bridgehead atoms. The van der Waals surface area contributed by atoms with Gasteiger partial charge >= 0.3 is 17.1 Å². The van der Waals surface area contributed by atoms with Crippen LogP contribution in [0, 0.1) is 5.82 Å². The Labute approximate surface area is 302 Å². The van der Waals surface area contributed by atoms with Gasteiger partial charge < -0.3 is 57.6 Å². The second-order valence-electron chi connectivity index (χ2n) is 9.48. The summed E-state index contributed by atoms with van der Waals surface area (Å²) in [5.41, 5.74) is 1.43. The van der Waals surface area contributed by atoms with Crippen molar-refractivity contribution in [3.8, 4) is 0 Å². The fraction of sp³-hybridized carbons (Fsp3) is 0.152. The minimum atomic E-state index is -2.09. The van der Waals surface area contributed by atoms with Crippen molar-refractivity contribution in [1.82, 2.24) is 10.6 Å². The molecular weight excluding hydrogens is 754 g/mol. The number of benzene rings is 4. The smallest absolute Gasteiger partial charge is 1.00 e. The van der Waals surface area contributed by atoms with Crippen LogP contribution in [0.15, 0.2) is 136 Å². The van der Waals surface area contributed by atoms with Gasteiger partial charge in [-0.3, -0.25) is 0 Å². The minimum absolute atomic E-state index is 0. The van der Waals surface area contributed by atoms with Gasteiger partial charge in [-0.2, -0.15) is 15.3 Å². The minimum Gasteiger partial charge on any atom is -1.00 e. The molecular formula is C33H33BrCuFN6OPS2. The Balaban J connectivity index is 0.00000368. The molecule has 2 N–H and O–H groups in total. The first kappa shape index (κ1) is 39.1. The topological polar surface area (TPSA) is 82.7 Å². The van der Waals surface area contributed by atoms with E-state index in [1.54, 1.807) is 26.1 Å². The molecule has 46 heavy (non-hydrogen) atoms. The van der Waals surface area contributed by atoms with E-state index in [-0.39, 0.29) is 50.2 Å². The van der Waals surface area contributed by atoms with Crippen LogP contribution in [-0.4, -0.2) is 48.3 Å². The normalized spacial score (nSPS) is 12.5. The summed E-state index contributed by atoms with van der Waals surface area (Å²) in [5.74, 6) is -0.363. The third-order valence-electron chi connectivity index (χ3n) is 6.60. The molecule has 243 valence electrons. The summed E-state index contributed by atoms with van der Waals surface area (Å²) in [6.07, 6.45) is 0.531. The molecule has 0 saturated heterocycles. The van der Waals surface area contributed by atoms with Crippen molar-refractivity contribution in [1.29, 1.82) is 0 Å². The molecule has 0 saturated carbocycles. The van der Waals surface area contributed by atoms with Gasteiger partial charge in [0.15, 0.2) is 6.35 Å². The van der Waals surface area contributed by atoms with Crippen molar-refractivity contribution in [2.75, 3.05) is 26.5 Å². The monoisotopic (exact) mass is 785 g/mol. The Morgan fingerprint density at radius 1 is 0.717 bits per heavy atom. The number of rotatable bonds is 12. The van der Waals surface area contributed by atoms with Crippen molar-refractivity contribution in [3.63, 3.8) is 0 Å². The molecule has 0 aliphatic carbocycles. The van der Waals surface area contributed by atoms with Crippen LogP contribution in [0.2, 0.25) is 0 Å². The number of hydrogen-bond donors (Lipinski definition) is 2. The molecule has 0 atom stereocenters. The SMILES string of the molecule is CNC([S-])=NN=C(C(C)=NN=C([S-])NCCOC[P+](c1ccccc1)(c1ccccc1)c1ccccc1)c1ccc(F)cc1.[Br-].[Cu+2]. The largest absolute Gasteiger partial charge is 2.00 e.